The van der Waals surface area contributed by atoms with Crippen molar-refractivity contribution in [2.45, 2.75) is 20.8 Å². The minimum absolute atomic E-state index is 0.172. The number of amides is 1. The van der Waals surface area contributed by atoms with Gasteiger partial charge < -0.3 is 10.2 Å². The van der Waals surface area contributed by atoms with Gasteiger partial charge in [0.15, 0.2) is 0 Å². The Kier molecular flexibility index (Phi) is 4.52. The first-order valence-electron chi connectivity index (χ1n) is 6.94. The van der Waals surface area contributed by atoms with Crippen LogP contribution in [0, 0.1) is 13.8 Å². The molecule has 21 heavy (non-hydrogen) atoms. The largest absolute Gasteiger partial charge is 0.369 e. The summed E-state index contributed by atoms with van der Waals surface area (Å²) in [5, 5.41) is 3.06. The molecule has 0 fully saturated rings. The zero-order chi connectivity index (χ0) is 15.4. The van der Waals surface area contributed by atoms with Gasteiger partial charge in [0.1, 0.15) is 11.5 Å². The van der Waals surface area contributed by atoms with Gasteiger partial charge in [-0.25, -0.2) is 4.98 Å². The molecule has 0 aliphatic rings. The van der Waals surface area contributed by atoms with Crippen LogP contribution in [-0.2, 0) is 0 Å². The summed E-state index contributed by atoms with van der Waals surface area (Å²) in [6.07, 6.45) is 3.10. The predicted octanol–water partition coefficient (Wildman–Crippen LogP) is 2.80. The number of anilines is 2. The molecule has 0 aliphatic carbocycles. The molecule has 110 valence electrons. The van der Waals surface area contributed by atoms with Crippen LogP contribution in [0.5, 0.6) is 0 Å². The van der Waals surface area contributed by atoms with E-state index in [2.05, 4.69) is 21.4 Å². The van der Waals surface area contributed by atoms with Crippen molar-refractivity contribution in [3.8, 4) is 0 Å². The Morgan fingerprint density at radius 3 is 2.71 bits per heavy atom. The van der Waals surface area contributed by atoms with E-state index in [-0.39, 0.29) is 5.91 Å². The maximum atomic E-state index is 12.5. The fraction of sp³-hybridized carbons (Fsp3) is 0.312. The van der Waals surface area contributed by atoms with Crippen molar-refractivity contribution in [2.24, 2.45) is 0 Å². The van der Waals surface area contributed by atoms with Crippen LogP contribution in [0.15, 0.2) is 30.6 Å². The van der Waals surface area contributed by atoms with Gasteiger partial charge in [0.2, 0.25) is 0 Å². The fourth-order valence-electron chi connectivity index (χ4n) is 2.20. The first-order valence-corrected chi connectivity index (χ1v) is 6.94. The summed E-state index contributed by atoms with van der Waals surface area (Å²) >= 11 is 0. The fourth-order valence-corrected chi connectivity index (χ4v) is 2.20. The Morgan fingerprint density at radius 1 is 1.29 bits per heavy atom. The first-order chi connectivity index (χ1) is 10.0. The van der Waals surface area contributed by atoms with Gasteiger partial charge in [-0.1, -0.05) is 17.7 Å². The van der Waals surface area contributed by atoms with Crippen LogP contribution in [0.1, 0.15) is 28.5 Å². The van der Waals surface area contributed by atoms with E-state index in [0.717, 1.165) is 17.8 Å². The Morgan fingerprint density at radius 2 is 2.05 bits per heavy atom. The van der Waals surface area contributed by atoms with Gasteiger partial charge in [-0.05, 0) is 32.4 Å². The molecule has 5 heteroatoms. The van der Waals surface area contributed by atoms with E-state index in [1.807, 2.05) is 32.9 Å². The van der Waals surface area contributed by atoms with Gasteiger partial charge in [-0.15, -0.1) is 0 Å². The van der Waals surface area contributed by atoms with Gasteiger partial charge >= 0.3 is 0 Å². The zero-order valence-corrected chi connectivity index (χ0v) is 12.8. The molecule has 0 aliphatic heterocycles. The van der Waals surface area contributed by atoms with E-state index >= 15 is 0 Å². The predicted molar refractivity (Wildman–Crippen MR) is 84.8 cm³/mol. The number of carbonyl (C=O) groups excluding carboxylic acids is 1. The van der Waals surface area contributed by atoms with Crippen molar-refractivity contribution in [3.05, 3.63) is 47.4 Å². The van der Waals surface area contributed by atoms with Crippen LogP contribution < -0.4 is 10.2 Å². The summed E-state index contributed by atoms with van der Waals surface area (Å²) in [5.41, 5.74) is 3.44. The molecule has 0 unspecified atom stereocenters. The summed E-state index contributed by atoms with van der Waals surface area (Å²) in [7, 11) is 1.75. The van der Waals surface area contributed by atoms with Gasteiger partial charge in [0.05, 0.1) is 12.4 Å². The Labute approximate surface area is 125 Å². The molecule has 2 rings (SSSR count). The Hall–Kier alpha value is -2.43. The molecule has 1 amide bonds. The normalized spacial score (nSPS) is 10.3. The summed E-state index contributed by atoms with van der Waals surface area (Å²) < 4.78 is 0. The quantitative estimate of drug-likeness (QED) is 0.938. The number of nitrogens with zero attached hydrogens (tertiary/aromatic N) is 3. The third kappa shape index (κ3) is 3.37. The highest BCUT2D eigenvalue weighted by molar-refractivity contribution is 6.04. The molecular formula is C16H20N4O. The number of benzene rings is 1. The Bertz CT molecular complexity index is 654. The van der Waals surface area contributed by atoms with Crippen molar-refractivity contribution in [2.75, 3.05) is 23.8 Å². The van der Waals surface area contributed by atoms with E-state index in [1.165, 1.54) is 11.8 Å². The maximum absolute atomic E-state index is 12.5. The third-order valence-electron chi connectivity index (χ3n) is 3.23. The summed E-state index contributed by atoms with van der Waals surface area (Å²) in [6.45, 7) is 6.73. The number of hydrogen-bond donors (Lipinski definition) is 1. The smallest absolute Gasteiger partial charge is 0.278 e. The second-order valence-electron chi connectivity index (χ2n) is 4.97. The highest BCUT2D eigenvalue weighted by Gasteiger charge is 2.17. The van der Waals surface area contributed by atoms with E-state index in [0.29, 0.717) is 11.5 Å². The number of nitrogens with one attached hydrogen (secondary N) is 1. The molecule has 1 heterocycles. The van der Waals surface area contributed by atoms with Gasteiger partial charge in [-0.3, -0.25) is 9.78 Å². The molecular weight excluding hydrogens is 264 g/mol. The van der Waals surface area contributed by atoms with E-state index in [9.17, 15) is 4.79 Å². The van der Waals surface area contributed by atoms with Crippen LogP contribution in [0.4, 0.5) is 11.5 Å². The molecule has 0 bridgehead atoms. The summed E-state index contributed by atoms with van der Waals surface area (Å²) in [6, 6.07) is 6.00. The molecule has 0 saturated carbocycles. The van der Waals surface area contributed by atoms with Crippen molar-refractivity contribution < 1.29 is 4.79 Å². The lowest BCUT2D eigenvalue weighted by molar-refractivity contribution is 0.0988. The second-order valence-corrected chi connectivity index (χ2v) is 4.97. The van der Waals surface area contributed by atoms with Gasteiger partial charge in [0, 0.05) is 19.3 Å². The Balaban J connectivity index is 2.28. The molecule has 1 aromatic carbocycles. The molecule has 0 radical (unpaired) electrons. The molecule has 0 atom stereocenters. The number of aryl methyl sites for hydroxylation is 2. The van der Waals surface area contributed by atoms with Gasteiger partial charge in [-0.2, -0.15) is 0 Å². The second kappa shape index (κ2) is 6.35. The summed E-state index contributed by atoms with van der Waals surface area (Å²) in [5.74, 6) is 0.437. The molecule has 2 aromatic rings. The van der Waals surface area contributed by atoms with E-state index in [1.54, 1.807) is 18.1 Å². The number of aromatic nitrogens is 2. The van der Waals surface area contributed by atoms with Crippen molar-refractivity contribution >= 4 is 17.4 Å². The average Bonchev–Trinajstić information content (AvgIpc) is 2.46. The summed E-state index contributed by atoms with van der Waals surface area (Å²) in [4.78, 5) is 22.5. The van der Waals surface area contributed by atoms with Crippen LogP contribution in [0.25, 0.3) is 0 Å². The van der Waals surface area contributed by atoms with Crippen LogP contribution in [0.3, 0.4) is 0 Å². The average molecular weight is 284 g/mol. The third-order valence-corrected chi connectivity index (χ3v) is 3.23. The number of hydrogen-bond acceptors (Lipinski definition) is 4. The van der Waals surface area contributed by atoms with Crippen molar-refractivity contribution in [1.29, 1.82) is 0 Å². The van der Waals surface area contributed by atoms with Crippen LogP contribution in [-0.4, -0.2) is 29.5 Å². The minimum Gasteiger partial charge on any atom is -0.369 e. The highest BCUT2D eigenvalue weighted by Crippen LogP contribution is 2.21. The monoisotopic (exact) mass is 284 g/mol. The lowest BCUT2D eigenvalue weighted by Crippen LogP contribution is -2.28. The lowest BCUT2D eigenvalue weighted by Gasteiger charge is -2.19. The molecule has 1 aromatic heterocycles. The standard InChI is InChI=1S/C16H20N4O/c1-5-18-15-10-17-9-13(19-15)16(21)20(4)14-7-6-11(2)8-12(14)3/h6-10H,5H2,1-4H3,(H,18,19). The lowest BCUT2D eigenvalue weighted by atomic mass is 10.1. The SMILES string of the molecule is CCNc1cncc(C(=O)N(C)c2ccc(C)cc2C)n1. The maximum Gasteiger partial charge on any atom is 0.278 e. The first kappa shape index (κ1) is 15.0. The molecule has 5 nitrogen and oxygen atoms in total. The van der Waals surface area contributed by atoms with Crippen LogP contribution in [0.2, 0.25) is 0 Å². The van der Waals surface area contributed by atoms with Crippen molar-refractivity contribution in [1.82, 2.24) is 9.97 Å². The van der Waals surface area contributed by atoms with Crippen LogP contribution >= 0.6 is 0 Å². The molecule has 1 N–H and O–H groups in total. The van der Waals surface area contributed by atoms with E-state index < -0.39 is 0 Å². The van der Waals surface area contributed by atoms with Crippen molar-refractivity contribution in [3.63, 3.8) is 0 Å². The van der Waals surface area contributed by atoms with E-state index in [4.69, 9.17) is 0 Å². The minimum atomic E-state index is -0.172. The molecule has 0 spiro atoms. The number of carbonyl (C=O) groups is 1. The molecule has 0 saturated heterocycles. The number of rotatable bonds is 4. The topological polar surface area (TPSA) is 58.1 Å². The highest BCUT2D eigenvalue weighted by atomic mass is 16.2. The van der Waals surface area contributed by atoms with Gasteiger partial charge in [0.25, 0.3) is 5.91 Å². The zero-order valence-electron chi connectivity index (χ0n) is 12.8.